The van der Waals surface area contributed by atoms with Gasteiger partial charge in [-0.1, -0.05) is 0 Å². The Hall–Kier alpha value is -3.24. The summed E-state index contributed by atoms with van der Waals surface area (Å²) in [5.41, 5.74) is 0.0297. The van der Waals surface area contributed by atoms with Crippen LogP contribution in [0.5, 0.6) is 11.5 Å². The maximum absolute atomic E-state index is 10.2. The van der Waals surface area contributed by atoms with Crippen LogP contribution in [-0.2, 0) is 13.2 Å². The van der Waals surface area contributed by atoms with Crippen molar-refractivity contribution in [1.82, 2.24) is 0 Å². The van der Waals surface area contributed by atoms with E-state index in [2.05, 4.69) is 0 Å². The van der Waals surface area contributed by atoms with E-state index in [4.69, 9.17) is 20.4 Å². The van der Waals surface area contributed by atoms with Crippen molar-refractivity contribution in [2.75, 3.05) is 0 Å². The minimum absolute atomic E-state index is 0.136. The molecule has 0 atom stereocenters. The summed E-state index contributed by atoms with van der Waals surface area (Å²) in [6.07, 6.45) is 0. The molecular formula is C14H14N2O8. The van der Waals surface area contributed by atoms with Crippen LogP contribution in [0.3, 0.4) is 0 Å². The van der Waals surface area contributed by atoms with Crippen LogP contribution in [0.1, 0.15) is 11.1 Å². The first-order valence-electron chi connectivity index (χ1n) is 6.44. The molecule has 0 aromatic heterocycles. The molecule has 4 N–H and O–H groups in total. The molecule has 128 valence electrons. The highest BCUT2D eigenvalue weighted by atomic mass is 16.6. The zero-order valence-electron chi connectivity index (χ0n) is 12.2. The average Bonchev–Trinajstić information content (AvgIpc) is 2.55. The number of non-ortho nitro benzene ring substituents is 2. The zero-order valence-corrected chi connectivity index (χ0v) is 12.2. The summed E-state index contributed by atoms with van der Waals surface area (Å²) < 4.78 is 0. The molecule has 2 aromatic carbocycles. The number of nitro benzene ring substituents is 2. The normalized spacial score (nSPS) is 9.75. The van der Waals surface area contributed by atoms with Gasteiger partial charge in [0.15, 0.2) is 0 Å². The number of benzene rings is 2. The van der Waals surface area contributed by atoms with Gasteiger partial charge >= 0.3 is 0 Å². The molecular weight excluding hydrogens is 324 g/mol. The number of rotatable bonds is 4. The number of aliphatic hydroxyl groups is 2. The summed E-state index contributed by atoms with van der Waals surface area (Å²) in [7, 11) is 0. The highest BCUT2D eigenvalue weighted by molar-refractivity contribution is 5.43. The fourth-order valence-corrected chi connectivity index (χ4v) is 1.62. The molecule has 0 fully saturated rings. The Morgan fingerprint density at radius 2 is 1.08 bits per heavy atom. The molecule has 0 spiro atoms. The highest BCUT2D eigenvalue weighted by Gasteiger charge is 2.09. The summed E-state index contributed by atoms with van der Waals surface area (Å²) in [6.45, 7) is -0.818. The van der Waals surface area contributed by atoms with Gasteiger partial charge in [-0.3, -0.25) is 20.2 Å². The lowest BCUT2D eigenvalue weighted by Crippen LogP contribution is -1.90. The van der Waals surface area contributed by atoms with E-state index in [0.29, 0.717) is 0 Å². The van der Waals surface area contributed by atoms with Crippen LogP contribution in [0.15, 0.2) is 36.4 Å². The van der Waals surface area contributed by atoms with Gasteiger partial charge in [-0.05, 0) is 12.1 Å². The van der Waals surface area contributed by atoms with E-state index in [9.17, 15) is 20.2 Å². The molecule has 10 heteroatoms. The van der Waals surface area contributed by atoms with E-state index >= 15 is 0 Å². The Labute approximate surface area is 135 Å². The Morgan fingerprint density at radius 1 is 0.750 bits per heavy atom. The summed E-state index contributed by atoms with van der Waals surface area (Å²) >= 11 is 0. The van der Waals surface area contributed by atoms with E-state index in [-0.39, 0.29) is 34.0 Å². The Balaban J connectivity index is 0.000000240. The van der Waals surface area contributed by atoms with Crippen molar-refractivity contribution < 1.29 is 30.3 Å². The molecule has 0 aliphatic heterocycles. The van der Waals surface area contributed by atoms with E-state index in [1.165, 1.54) is 24.3 Å². The van der Waals surface area contributed by atoms with Crippen molar-refractivity contribution >= 4 is 11.4 Å². The second kappa shape index (κ2) is 8.41. The summed E-state index contributed by atoms with van der Waals surface area (Å²) in [5.74, 6) is -0.272. The first-order valence-corrected chi connectivity index (χ1v) is 6.44. The molecule has 0 heterocycles. The molecule has 24 heavy (non-hydrogen) atoms. The van der Waals surface area contributed by atoms with Crippen molar-refractivity contribution in [1.29, 1.82) is 0 Å². The molecule has 2 rings (SSSR count). The van der Waals surface area contributed by atoms with Crippen molar-refractivity contribution in [2.24, 2.45) is 0 Å². The molecule has 2 aromatic rings. The molecule has 0 saturated heterocycles. The SMILES string of the molecule is O=[N+]([O-])c1ccc(O)c(CO)c1.O=[N+]([O-])c1ccc(O)c(CO)c1. The summed E-state index contributed by atoms with van der Waals surface area (Å²) in [4.78, 5) is 19.3. The predicted octanol–water partition coefficient (Wildman–Crippen LogP) is 1.59. The van der Waals surface area contributed by atoms with Gasteiger partial charge in [-0.2, -0.15) is 0 Å². The van der Waals surface area contributed by atoms with Crippen LogP contribution in [0.2, 0.25) is 0 Å². The maximum atomic E-state index is 10.2. The van der Waals surface area contributed by atoms with Crippen molar-refractivity contribution in [2.45, 2.75) is 13.2 Å². The minimum Gasteiger partial charge on any atom is -0.508 e. The van der Waals surface area contributed by atoms with Crippen molar-refractivity contribution in [3.63, 3.8) is 0 Å². The molecule has 0 bridgehead atoms. The Kier molecular flexibility index (Phi) is 6.59. The molecule has 0 radical (unpaired) electrons. The summed E-state index contributed by atoms with van der Waals surface area (Å²) in [5, 5.41) is 55.8. The van der Waals surface area contributed by atoms with Gasteiger partial charge in [0.25, 0.3) is 11.4 Å². The second-order valence-electron chi connectivity index (χ2n) is 4.46. The third kappa shape index (κ3) is 4.90. The van der Waals surface area contributed by atoms with E-state index in [1.807, 2.05) is 0 Å². The van der Waals surface area contributed by atoms with Gasteiger partial charge in [-0.15, -0.1) is 0 Å². The third-order valence-corrected chi connectivity index (χ3v) is 2.89. The van der Waals surface area contributed by atoms with E-state index < -0.39 is 23.1 Å². The van der Waals surface area contributed by atoms with Gasteiger partial charge in [0.2, 0.25) is 0 Å². The van der Waals surface area contributed by atoms with Crippen LogP contribution in [-0.4, -0.2) is 30.3 Å². The monoisotopic (exact) mass is 338 g/mol. The quantitative estimate of drug-likeness (QED) is 0.481. The largest absolute Gasteiger partial charge is 0.508 e. The molecule has 0 aliphatic carbocycles. The lowest BCUT2D eigenvalue weighted by atomic mass is 10.2. The fourth-order valence-electron chi connectivity index (χ4n) is 1.62. The van der Waals surface area contributed by atoms with E-state index in [1.54, 1.807) is 0 Å². The molecule has 0 amide bonds. The molecule has 10 nitrogen and oxygen atoms in total. The Morgan fingerprint density at radius 3 is 1.33 bits per heavy atom. The molecule has 0 saturated carbocycles. The van der Waals surface area contributed by atoms with Crippen LogP contribution in [0.25, 0.3) is 0 Å². The summed E-state index contributed by atoms with van der Waals surface area (Å²) in [6, 6.07) is 6.99. The van der Waals surface area contributed by atoms with E-state index in [0.717, 1.165) is 12.1 Å². The lowest BCUT2D eigenvalue weighted by molar-refractivity contribution is -0.385. The predicted molar refractivity (Wildman–Crippen MR) is 81.4 cm³/mol. The number of hydrogen-bond acceptors (Lipinski definition) is 8. The van der Waals surface area contributed by atoms with Crippen LogP contribution in [0.4, 0.5) is 11.4 Å². The van der Waals surface area contributed by atoms with Gasteiger partial charge in [0.05, 0.1) is 23.1 Å². The first kappa shape index (κ1) is 18.8. The number of hydrogen-bond donors (Lipinski definition) is 4. The number of aliphatic hydroxyl groups excluding tert-OH is 2. The first-order chi connectivity index (χ1) is 11.3. The molecule has 0 aliphatic rings. The van der Waals surface area contributed by atoms with Gasteiger partial charge < -0.3 is 20.4 Å². The smallest absolute Gasteiger partial charge is 0.270 e. The maximum Gasteiger partial charge on any atom is 0.270 e. The Bertz CT molecular complexity index is 684. The number of aromatic hydroxyl groups is 2. The van der Waals surface area contributed by atoms with Crippen LogP contribution in [0, 0.1) is 20.2 Å². The lowest BCUT2D eigenvalue weighted by Gasteiger charge is -1.98. The number of nitrogens with zero attached hydrogens (tertiary/aromatic N) is 2. The van der Waals surface area contributed by atoms with Crippen LogP contribution < -0.4 is 0 Å². The van der Waals surface area contributed by atoms with Crippen molar-refractivity contribution in [3.05, 3.63) is 67.8 Å². The average molecular weight is 338 g/mol. The number of nitro groups is 2. The van der Waals surface area contributed by atoms with Crippen molar-refractivity contribution in [3.8, 4) is 11.5 Å². The third-order valence-electron chi connectivity index (χ3n) is 2.89. The van der Waals surface area contributed by atoms with Crippen LogP contribution >= 0.6 is 0 Å². The molecule has 0 unspecified atom stereocenters. The fraction of sp³-hybridized carbons (Fsp3) is 0.143. The standard InChI is InChI=1S/2C7H7NO4/c2*9-4-5-3-6(8(11)12)1-2-7(5)10/h2*1-3,9-10H,4H2. The highest BCUT2D eigenvalue weighted by Crippen LogP contribution is 2.23. The second-order valence-corrected chi connectivity index (χ2v) is 4.46. The van der Waals surface area contributed by atoms with Gasteiger partial charge in [-0.25, -0.2) is 0 Å². The number of phenols is 2. The van der Waals surface area contributed by atoms with Gasteiger partial charge in [0, 0.05) is 35.4 Å². The van der Waals surface area contributed by atoms with Gasteiger partial charge in [0.1, 0.15) is 11.5 Å². The zero-order chi connectivity index (χ0) is 18.3. The minimum atomic E-state index is -0.585. The topological polar surface area (TPSA) is 167 Å².